The third-order valence-corrected chi connectivity index (χ3v) is 4.37. The minimum atomic E-state index is -3.01. The summed E-state index contributed by atoms with van der Waals surface area (Å²) < 4.78 is 33.1. The fraction of sp³-hybridized carbons (Fsp3) is 0.643. The van der Waals surface area contributed by atoms with Gasteiger partial charge in [0.05, 0.1) is 29.6 Å². The van der Waals surface area contributed by atoms with Crippen LogP contribution >= 0.6 is 22.6 Å². The lowest BCUT2D eigenvalue weighted by Gasteiger charge is -2.29. The van der Waals surface area contributed by atoms with E-state index < -0.39 is 43.0 Å². The number of halogens is 3. The number of H-pyrrole nitrogens is 1. The van der Waals surface area contributed by atoms with Gasteiger partial charge in [0.25, 0.3) is 5.92 Å². The van der Waals surface area contributed by atoms with Gasteiger partial charge in [-0.1, -0.05) is 13.8 Å². The number of amides is 2. The van der Waals surface area contributed by atoms with Crippen LogP contribution in [0.4, 0.5) is 13.6 Å². The van der Waals surface area contributed by atoms with Crippen molar-refractivity contribution in [2.75, 3.05) is 13.7 Å². The molecule has 2 heterocycles. The Morgan fingerprint density at radius 1 is 1.54 bits per heavy atom. The molecule has 1 fully saturated rings. The third-order valence-electron chi connectivity index (χ3n) is 3.82. The van der Waals surface area contributed by atoms with Gasteiger partial charge in [0, 0.05) is 6.42 Å². The van der Waals surface area contributed by atoms with Crippen molar-refractivity contribution in [2.45, 2.75) is 38.3 Å². The van der Waals surface area contributed by atoms with Crippen LogP contribution in [0.3, 0.4) is 0 Å². The van der Waals surface area contributed by atoms with Crippen LogP contribution in [0.2, 0.25) is 0 Å². The number of nitrogens with zero attached hydrogens (tertiary/aromatic N) is 2. The molecule has 7 nitrogen and oxygen atoms in total. The largest absolute Gasteiger partial charge is 0.453 e. The molecule has 0 unspecified atom stereocenters. The van der Waals surface area contributed by atoms with Crippen LogP contribution < -0.4 is 5.32 Å². The maximum atomic E-state index is 13.9. The summed E-state index contributed by atoms with van der Waals surface area (Å²) in [4.78, 5) is 32.3. The molecule has 1 aromatic heterocycles. The van der Waals surface area contributed by atoms with Crippen molar-refractivity contribution in [3.05, 3.63) is 15.7 Å². The van der Waals surface area contributed by atoms with Crippen molar-refractivity contribution in [1.82, 2.24) is 20.2 Å². The van der Waals surface area contributed by atoms with Crippen LogP contribution in [-0.4, -0.2) is 52.5 Å². The molecule has 1 aliphatic rings. The predicted octanol–water partition coefficient (Wildman–Crippen LogP) is 2.30. The normalized spacial score (nSPS) is 21.0. The highest BCUT2D eigenvalue weighted by Crippen LogP contribution is 2.40. The van der Waals surface area contributed by atoms with E-state index in [0.29, 0.717) is 9.53 Å². The van der Waals surface area contributed by atoms with Gasteiger partial charge in [0.2, 0.25) is 5.91 Å². The molecular weight excluding hydrogens is 437 g/mol. The Morgan fingerprint density at radius 2 is 2.21 bits per heavy atom. The Bertz CT molecular complexity index is 623. The van der Waals surface area contributed by atoms with Crippen molar-refractivity contribution in [2.24, 2.45) is 5.92 Å². The van der Waals surface area contributed by atoms with Crippen LogP contribution in [0, 0.1) is 9.62 Å². The van der Waals surface area contributed by atoms with Crippen molar-refractivity contribution in [3.63, 3.8) is 0 Å². The van der Waals surface area contributed by atoms with E-state index in [1.807, 2.05) is 22.6 Å². The number of alkyl halides is 2. The zero-order chi connectivity index (χ0) is 18.1. The highest BCUT2D eigenvalue weighted by Gasteiger charge is 2.50. The topological polar surface area (TPSA) is 87.3 Å². The summed E-state index contributed by atoms with van der Waals surface area (Å²) in [5.41, 5.74) is 0. The molecule has 1 aromatic rings. The number of aromatic amines is 1. The summed E-state index contributed by atoms with van der Waals surface area (Å²) in [5.74, 6) is -3.57. The van der Waals surface area contributed by atoms with E-state index in [2.05, 4.69) is 20.0 Å². The van der Waals surface area contributed by atoms with Gasteiger partial charge in [0.1, 0.15) is 11.9 Å². The molecule has 2 amide bonds. The van der Waals surface area contributed by atoms with Gasteiger partial charge in [-0.3, -0.25) is 4.79 Å². The summed E-state index contributed by atoms with van der Waals surface area (Å²) in [6.07, 6.45) is 0.226. The van der Waals surface area contributed by atoms with Gasteiger partial charge < -0.3 is 19.9 Å². The first kappa shape index (κ1) is 18.9. The zero-order valence-electron chi connectivity index (χ0n) is 13.5. The molecule has 0 saturated carbocycles. The Kier molecular flexibility index (Phi) is 5.66. The summed E-state index contributed by atoms with van der Waals surface area (Å²) in [5, 5.41) is 2.42. The molecule has 24 heavy (non-hydrogen) atoms. The minimum absolute atomic E-state index is 0.289. The number of alkyl carbamates (subject to hydrolysis) is 1. The number of rotatable bonds is 4. The summed E-state index contributed by atoms with van der Waals surface area (Å²) in [6.45, 7) is 2.73. The number of hydrogen-bond donors (Lipinski definition) is 2. The maximum Gasteiger partial charge on any atom is 0.407 e. The zero-order valence-corrected chi connectivity index (χ0v) is 15.6. The van der Waals surface area contributed by atoms with Gasteiger partial charge in [-0.25, -0.2) is 18.6 Å². The Labute approximate surface area is 151 Å². The van der Waals surface area contributed by atoms with Crippen molar-refractivity contribution in [3.8, 4) is 0 Å². The predicted molar refractivity (Wildman–Crippen MR) is 89.5 cm³/mol. The Balaban J connectivity index is 2.27. The van der Waals surface area contributed by atoms with Gasteiger partial charge in [-0.15, -0.1) is 0 Å². The number of carbonyl (C=O) groups is 2. The molecule has 1 saturated heterocycles. The standard InChI is InChI=1S/C14H19F2IN4O3/c1-7(2)10(20-13(23)24-3)12(22)21-6-14(15,16)4-8(21)11-18-5-9(17)19-11/h5,7-8,10H,4,6H2,1-3H3,(H,18,19)(H,20,23)/t8-,10-/m0/s1. The van der Waals surface area contributed by atoms with Gasteiger partial charge in [-0.2, -0.15) is 0 Å². The second-order valence-electron chi connectivity index (χ2n) is 6.02. The third kappa shape index (κ3) is 4.14. The molecule has 2 atom stereocenters. The van der Waals surface area contributed by atoms with Gasteiger partial charge >= 0.3 is 6.09 Å². The number of likely N-dealkylation sites (tertiary alicyclic amines) is 1. The average molecular weight is 456 g/mol. The van der Waals surface area contributed by atoms with E-state index in [-0.39, 0.29) is 5.92 Å². The van der Waals surface area contributed by atoms with E-state index in [4.69, 9.17) is 0 Å². The van der Waals surface area contributed by atoms with Crippen LogP contribution in [0.15, 0.2) is 6.20 Å². The highest BCUT2D eigenvalue weighted by molar-refractivity contribution is 14.1. The fourth-order valence-electron chi connectivity index (χ4n) is 2.65. The molecule has 0 aromatic carbocycles. The van der Waals surface area contributed by atoms with Crippen molar-refractivity contribution >= 4 is 34.6 Å². The molecule has 2 rings (SSSR count). The van der Waals surface area contributed by atoms with E-state index in [1.165, 1.54) is 13.3 Å². The fourth-order valence-corrected chi connectivity index (χ4v) is 3.07. The molecule has 134 valence electrons. The number of ether oxygens (including phenoxy) is 1. The first-order valence-corrected chi connectivity index (χ1v) is 8.45. The van der Waals surface area contributed by atoms with E-state index >= 15 is 0 Å². The highest BCUT2D eigenvalue weighted by atomic mass is 127. The lowest BCUT2D eigenvalue weighted by atomic mass is 10.0. The van der Waals surface area contributed by atoms with Crippen LogP contribution in [0.25, 0.3) is 0 Å². The minimum Gasteiger partial charge on any atom is -0.453 e. The van der Waals surface area contributed by atoms with Crippen LogP contribution in [0.5, 0.6) is 0 Å². The summed E-state index contributed by atoms with van der Waals surface area (Å²) in [7, 11) is 1.18. The monoisotopic (exact) mass is 456 g/mol. The Hall–Kier alpha value is -1.46. The van der Waals surface area contributed by atoms with Gasteiger partial charge in [0.15, 0.2) is 0 Å². The lowest BCUT2D eigenvalue weighted by Crippen LogP contribution is -2.51. The molecule has 1 aliphatic heterocycles. The molecule has 10 heteroatoms. The van der Waals surface area contributed by atoms with Crippen molar-refractivity contribution in [1.29, 1.82) is 0 Å². The lowest BCUT2D eigenvalue weighted by molar-refractivity contribution is -0.136. The SMILES string of the molecule is COC(=O)N[C@H](C(=O)N1CC(F)(F)C[C@H]1c1ncc(I)[nH]1)C(C)C. The number of methoxy groups -OCH3 is 1. The number of hydrogen-bond acceptors (Lipinski definition) is 4. The quantitative estimate of drug-likeness (QED) is 0.681. The second kappa shape index (κ2) is 7.19. The van der Waals surface area contributed by atoms with Crippen LogP contribution in [-0.2, 0) is 9.53 Å². The van der Waals surface area contributed by atoms with E-state index in [1.54, 1.807) is 13.8 Å². The van der Waals surface area contributed by atoms with E-state index in [0.717, 1.165) is 4.90 Å². The van der Waals surface area contributed by atoms with Crippen molar-refractivity contribution < 1.29 is 23.1 Å². The van der Waals surface area contributed by atoms with Gasteiger partial charge in [-0.05, 0) is 28.5 Å². The molecule has 0 aliphatic carbocycles. The number of carbonyl (C=O) groups excluding carboxylic acids is 2. The molecular formula is C14H19F2IN4O3. The maximum absolute atomic E-state index is 13.9. The number of aromatic nitrogens is 2. The first-order valence-electron chi connectivity index (χ1n) is 7.38. The molecule has 0 spiro atoms. The number of imidazole rings is 1. The summed E-state index contributed by atoms with van der Waals surface area (Å²) >= 11 is 1.98. The van der Waals surface area contributed by atoms with E-state index in [9.17, 15) is 18.4 Å². The Morgan fingerprint density at radius 3 is 2.71 bits per heavy atom. The number of nitrogens with one attached hydrogen (secondary N) is 2. The second-order valence-corrected chi connectivity index (χ2v) is 7.18. The van der Waals surface area contributed by atoms with Crippen LogP contribution in [0.1, 0.15) is 32.1 Å². The molecule has 0 radical (unpaired) electrons. The molecule has 0 bridgehead atoms. The average Bonchev–Trinajstić information content (AvgIpc) is 3.06. The summed E-state index contributed by atoms with van der Waals surface area (Å²) in [6, 6.07) is -1.82. The molecule has 2 N–H and O–H groups in total. The smallest absolute Gasteiger partial charge is 0.407 e. The first-order chi connectivity index (χ1) is 11.1.